The second-order valence-electron chi connectivity index (χ2n) is 9.32. The van der Waals surface area contributed by atoms with Gasteiger partial charge < -0.3 is 15.0 Å². The zero-order valence-corrected chi connectivity index (χ0v) is 18.4. The summed E-state index contributed by atoms with van der Waals surface area (Å²) in [6.07, 6.45) is 4.23. The molecule has 2 heterocycles. The van der Waals surface area contributed by atoms with E-state index in [4.69, 9.17) is 4.74 Å². The lowest BCUT2D eigenvalue weighted by atomic mass is 9.70. The summed E-state index contributed by atoms with van der Waals surface area (Å²) in [6, 6.07) is 13.5. The molecule has 6 heteroatoms. The molecule has 6 nitrogen and oxygen atoms in total. The molecule has 1 atom stereocenters. The molecule has 2 aromatic carbocycles. The van der Waals surface area contributed by atoms with Crippen molar-refractivity contribution < 1.29 is 19.1 Å². The normalized spacial score (nSPS) is 22.9. The summed E-state index contributed by atoms with van der Waals surface area (Å²) in [5.74, 6) is 0.496. The zero-order valence-electron chi connectivity index (χ0n) is 18.4. The van der Waals surface area contributed by atoms with E-state index >= 15 is 0 Å². The number of amides is 2. The van der Waals surface area contributed by atoms with Crippen LogP contribution in [0.15, 0.2) is 42.5 Å². The summed E-state index contributed by atoms with van der Waals surface area (Å²) in [7, 11) is 0. The Bertz CT molecular complexity index is 1090. The maximum Gasteiger partial charge on any atom is 0.262 e. The van der Waals surface area contributed by atoms with Crippen LogP contribution >= 0.6 is 0 Å². The smallest absolute Gasteiger partial charge is 0.262 e. The number of carbonyl (C=O) groups is 3. The van der Waals surface area contributed by atoms with Crippen LogP contribution in [0, 0.1) is 5.92 Å². The third-order valence-electron chi connectivity index (χ3n) is 7.26. The van der Waals surface area contributed by atoms with E-state index < -0.39 is 5.41 Å². The topological polar surface area (TPSA) is 75.7 Å². The lowest BCUT2D eigenvalue weighted by Crippen LogP contribution is -2.50. The molecule has 5 rings (SSSR count). The molecule has 0 radical (unpaired) electrons. The molecule has 1 unspecified atom stereocenters. The number of Topliss-reactive ketones (excluding diaryl/α,β-unsaturated/α-hetero) is 1. The van der Waals surface area contributed by atoms with Gasteiger partial charge in [-0.25, -0.2) is 0 Å². The van der Waals surface area contributed by atoms with E-state index in [0.717, 1.165) is 24.8 Å². The molecule has 2 amide bonds. The van der Waals surface area contributed by atoms with Gasteiger partial charge in [0, 0.05) is 24.6 Å². The van der Waals surface area contributed by atoms with Gasteiger partial charge in [0.25, 0.3) is 5.91 Å². The summed E-state index contributed by atoms with van der Waals surface area (Å²) in [6.45, 7) is 3.26. The highest BCUT2D eigenvalue weighted by atomic mass is 16.5. The van der Waals surface area contributed by atoms with E-state index in [9.17, 15) is 14.4 Å². The molecule has 0 saturated carbocycles. The largest absolute Gasteiger partial charge is 0.482 e. The first-order chi connectivity index (χ1) is 15.5. The SMILES string of the molecule is CC1(C(=O)N2CCC(C(=O)c3ccc4c(c3)NC(=O)CO4)CC2)CCCc2ccccc21. The van der Waals surface area contributed by atoms with Gasteiger partial charge in [-0.05, 0) is 68.4 Å². The lowest BCUT2D eigenvalue weighted by molar-refractivity contribution is -0.138. The van der Waals surface area contributed by atoms with Gasteiger partial charge in [0.15, 0.2) is 12.4 Å². The summed E-state index contributed by atoms with van der Waals surface area (Å²) >= 11 is 0. The number of nitrogens with one attached hydrogen (secondary N) is 1. The maximum absolute atomic E-state index is 13.6. The number of carbonyl (C=O) groups excluding carboxylic acids is 3. The van der Waals surface area contributed by atoms with Crippen LogP contribution in [0.1, 0.15) is 54.1 Å². The predicted octanol–water partition coefficient (Wildman–Crippen LogP) is 3.73. The lowest BCUT2D eigenvalue weighted by Gasteiger charge is -2.41. The molecule has 166 valence electrons. The van der Waals surface area contributed by atoms with Gasteiger partial charge >= 0.3 is 0 Å². The minimum Gasteiger partial charge on any atom is -0.482 e. The van der Waals surface area contributed by atoms with Crippen molar-refractivity contribution in [3.8, 4) is 5.75 Å². The first-order valence-corrected chi connectivity index (χ1v) is 11.4. The number of ketones is 1. The Balaban J connectivity index is 1.27. The van der Waals surface area contributed by atoms with Crippen LogP contribution in [0.3, 0.4) is 0 Å². The summed E-state index contributed by atoms with van der Waals surface area (Å²) in [5.41, 5.74) is 3.08. The highest BCUT2D eigenvalue weighted by Crippen LogP contribution is 2.39. The first kappa shape index (κ1) is 20.7. The molecular weight excluding hydrogens is 404 g/mol. The van der Waals surface area contributed by atoms with E-state index in [1.165, 1.54) is 5.56 Å². The third kappa shape index (κ3) is 3.57. The number of hydrogen-bond acceptors (Lipinski definition) is 4. The number of fused-ring (bicyclic) bond motifs is 2. The maximum atomic E-state index is 13.6. The van der Waals surface area contributed by atoms with Gasteiger partial charge in [0.1, 0.15) is 5.75 Å². The molecule has 1 fully saturated rings. The van der Waals surface area contributed by atoms with Crippen molar-refractivity contribution in [2.24, 2.45) is 5.92 Å². The fourth-order valence-electron chi connectivity index (χ4n) is 5.43. The van der Waals surface area contributed by atoms with Gasteiger partial charge in [0.05, 0.1) is 11.1 Å². The Morgan fingerprint density at radius 1 is 1.12 bits per heavy atom. The molecule has 1 saturated heterocycles. The van der Waals surface area contributed by atoms with Crippen LogP contribution in [0.25, 0.3) is 0 Å². The summed E-state index contributed by atoms with van der Waals surface area (Å²) in [5, 5.41) is 2.76. The monoisotopic (exact) mass is 432 g/mol. The Labute approximate surface area is 187 Å². The van der Waals surface area contributed by atoms with Crippen molar-refractivity contribution in [2.75, 3.05) is 25.0 Å². The zero-order chi connectivity index (χ0) is 22.3. The van der Waals surface area contributed by atoms with Crippen LogP contribution in [0.4, 0.5) is 5.69 Å². The molecule has 0 aromatic heterocycles. The highest BCUT2D eigenvalue weighted by Gasteiger charge is 2.42. The molecule has 0 spiro atoms. The third-order valence-corrected chi connectivity index (χ3v) is 7.26. The number of hydrogen-bond donors (Lipinski definition) is 1. The Morgan fingerprint density at radius 2 is 1.91 bits per heavy atom. The van der Waals surface area contributed by atoms with Gasteiger partial charge in [-0.2, -0.15) is 0 Å². The van der Waals surface area contributed by atoms with Crippen LogP contribution in [0.5, 0.6) is 5.75 Å². The minimum atomic E-state index is -0.484. The predicted molar refractivity (Wildman–Crippen MR) is 121 cm³/mol. The average molecular weight is 433 g/mol. The van der Waals surface area contributed by atoms with E-state index in [1.807, 2.05) is 17.0 Å². The van der Waals surface area contributed by atoms with Crippen molar-refractivity contribution in [2.45, 2.75) is 44.4 Å². The highest BCUT2D eigenvalue weighted by molar-refractivity contribution is 6.02. The van der Waals surface area contributed by atoms with E-state index in [1.54, 1.807) is 18.2 Å². The number of nitrogens with zero attached hydrogens (tertiary/aromatic N) is 1. The fourth-order valence-corrected chi connectivity index (χ4v) is 5.43. The number of aryl methyl sites for hydroxylation is 1. The summed E-state index contributed by atoms with van der Waals surface area (Å²) < 4.78 is 5.38. The van der Waals surface area contributed by atoms with Crippen molar-refractivity contribution >= 4 is 23.3 Å². The second-order valence-corrected chi connectivity index (χ2v) is 9.32. The Morgan fingerprint density at radius 3 is 2.72 bits per heavy atom. The van der Waals surface area contributed by atoms with Gasteiger partial charge in [0.2, 0.25) is 5.91 Å². The minimum absolute atomic E-state index is 0.00379. The van der Waals surface area contributed by atoms with E-state index in [0.29, 0.717) is 42.9 Å². The quantitative estimate of drug-likeness (QED) is 0.750. The van der Waals surface area contributed by atoms with Crippen molar-refractivity contribution in [3.63, 3.8) is 0 Å². The van der Waals surface area contributed by atoms with Crippen LogP contribution < -0.4 is 10.1 Å². The van der Waals surface area contributed by atoms with E-state index in [-0.39, 0.29) is 30.1 Å². The number of ether oxygens (including phenoxy) is 1. The number of piperidine rings is 1. The molecule has 2 aliphatic heterocycles. The molecule has 1 N–H and O–H groups in total. The molecule has 32 heavy (non-hydrogen) atoms. The van der Waals surface area contributed by atoms with Crippen LogP contribution in [0.2, 0.25) is 0 Å². The average Bonchev–Trinajstić information content (AvgIpc) is 2.83. The van der Waals surface area contributed by atoms with Crippen LogP contribution in [-0.2, 0) is 21.4 Å². The van der Waals surface area contributed by atoms with Gasteiger partial charge in [-0.15, -0.1) is 0 Å². The van der Waals surface area contributed by atoms with Gasteiger partial charge in [-0.3, -0.25) is 14.4 Å². The van der Waals surface area contributed by atoms with Crippen molar-refractivity contribution in [1.82, 2.24) is 4.90 Å². The molecule has 0 bridgehead atoms. The molecule has 3 aliphatic rings. The number of rotatable bonds is 3. The van der Waals surface area contributed by atoms with Crippen molar-refractivity contribution in [1.29, 1.82) is 0 Å². The Kier molecular flexibility index (Phi) is 5.24. The molecular formula is C26H28N2O4. The fraction of sp³-hybridized carbons (Fsp3) is 0.423. The molecule has 1 aliphatic carbocycles. The van der Waals surface area contributed by atoms with Crippen LogP contribution in [-0.4, -0.2) is 42.2 Å². The van der Waals surface area contributed by atoms with Gasteiger partial charge in [-0.1, -0.05) is 24.3 Å². The second kappa shape index (κ2) is 8.08. The molecule has 2 aromatic rings. The standard InChI is InChI=1S/C26H28N2O4/c1-26(12-4-6-17-5-2-3-7-20(17)26)25(31)28-13-10-18(11-14-28)24(30)19-8-9-22-21(15-19)27-23(29)16-32-22/h2-3,5,7-9,15,18H,4,6,10-14,16H2,1H3,(H,27,29). The number of anilines is 1. The van der Waals surface area contributed by atoms with Crippen molar-refractivity contribution in [3.05, 3.63) is 59.2 Å². The summed E-state index contributed by atoms with van der Waals surface area (Å²) in [4.78, 5) is 40.2. The first-order valence-electron chi connectivity index (χ1n) is 11.4. The number of benzene rings is 2. The number of likely N-dealkylation sites (tertiary alicyclic amines) is 1. The Hall–Kier alpha value is -3.15. The van der Waals surface area contributed by atoms with E-state index in [2.05, 4.69) is 24.4 Å².